The minimum absolute atomic E-state index is 0.0239. The van der Waals surface area contributed by atoms with Gasteiger partial charge < -0.3 is 10.2 Å². The van der Waals surface area contributed by atoms with Crippen LogP contribution in [0.2, 0.25) is 0 Å². The molecule has 31 heavy (non-hydrogen) atoms. The number of hydrogen-bond acceptors (Lipinski definition) is 4. The zero-order chi connectivity index (χ0) is 21.6. The molecule has 6 nitrogen and oxygen atoms in total. The summed E-state index contributed by atoms with van der Waals surface area (Å²) < 4.78 is 14.8. The second-order valence-corrected chi connectivity index (χ2v) is 8.73. The Balaban J connectivity index is 1.37. The van der Waals surface area contributed by atoms with E-state index in [4.69, 9.17) is 0 Å². The van der Waals surface area contributed by atoms with Gasteiger partial charge in [0.25, 0.3) is 5.56 Å². The smallest absolute Gasteiger partial charge is 0.271 e. The third-order valence-corrected chi connectivity index (χ3v) is 6.48. The van der Waals surface area contributed by atoms with Crippen LogP contribution in [0.4, 0.5) is 10.2 Å². The molecule has 166 valence electrons. The van der Waals surface area contributed by atoms with Crippen LogP contribution < -0.4 is 15.8 Å². The van der Waals surface area contributed by atoms with Crippen molar-refractivity contribution < 1.29 is 9.18 Å². The zero-order valence-electron chi connectivity index (χ0n) is 17.9. The van der Waals surface area contributed by atoms with Gasteiger partial charge in [-0.15, -0.1) is 5.10 Å². The van der Waals surface area contributed by atoms with Gasteiger partial charge >= 0.3 is 0 Å². The number of aromatic nitrogens is 2. The number of rotatable bonds is 4. The van der Waals surface area contributed by atoms with Crippen molar-refractivity contribution in [3.8, 4) is 5.69 Å². The highest BCUT2D eigenvalue weighted by Gasteiger charge is 2.27. The lowest BCUT2D eigenvalue weighted by Gasteiger charge is -2.33. The van der Waals surface area contributed by atoms with E-state index in [2.05, 4.69) is 15.3 Å². The number of piperidine rings is 1. The lowest BCUT2D eigenvalue weighted by atomic mass is 9.93. The summed E-state index contributed by atoms with van der Waals surface area (Å²) in [6, 6.07) is 9.34. The van der Waals surface area contributed by atoms with E-state index in [9.17, 15) is 14.0 Å². The van der Waals surface area contributed by atoms with E-state index in [1.807, 2.05) is 0 Å². The molecule has 2 heterocycles. The average Bonchev–Trinajstić information content (AvgIpc) is 2.76. The number of benzene rings is 1. The van der Waals surface area contributed by atoms with Gasteiger partial charge in [-0.25, -0.2) is 4.39 Å². The summed E-state index contributed by atoms with van der Waals surface area (Å²) in [5, 5.41) is 7.75. The van der Waals surface area contributed by atoms with Crippen LogP contribution in [0.1, 0.15) is 57.8 Å². The lowest BCUT2D eigenvalue weighted by Crippen LogP contribution is -2.44. The molecule has 4 rings (SSSR count). The highest BCUT2D eigenvalue weighted by atomic mass is 19.1. The Morgan fingerprint density at radius 2 is 1.68 bits per heavy atom. The van der Waals surface area contributed by atoms with Gasteiger partial charge in [-0.3, -0.25) is 9.59 Å². The van der Waals surface area contributed by atoms with Crippen LogP contribution in [0, 0.1) is 11.7 Å². The normalized spacial score (nSPS) is 18.9. The minimum atomic E-state index is -0.410. The Morgan fingerprint density at radius 1 is 0.968 bits per heavy atom. The predicted octanol–water partition coefficient (Wildman–Crippen LogP) is 3.82. The Labute approximate surface area is 182 Å². The monoisotopic (exact) mass is 426 g/mol. The molecular formula is C24H31FN4O2. The lowest BCUT2D eigenvalue weighted by molar-refractivity contribution is -0.126. The van der Waals surface area contributed by atoms with Gasteiger partial charge in [0.15, 0.2) is 0 Å². The van der Waals surface area contributed by atoms with E-state index >= 15 is 0 Å². The molecule has 1 aliphatic carbocycles. The van der Waals surface area contributed by atoms with E-state index in [0.29, 0.717) is 30.6 Å². The Bertz CT molecular complexity index is 945. The number of anilines is 1. The maximum Gasteiger partial charge on any atom is 0.271 e. The fourth-order valence-electron chi connectivity index (χ4n) is 4.65. The summed E-state index contributed by atoms with van der Waals surface area (Å²) in [5.41, 5.74) is 0.100. The molecule has 0 atom stereocenters. The quantitative estimate of drug-likeness (QED) is 0.807. The van der Waals surface area contributed by atoms with E-state index in [-0.39, 0.29) is 17.4 Å². The van der Waals surface area contributed by atoms with Gasteiger partial charge in [0.05, 0.1) is 5.69 Å². The highest BCUT2D eigenvalue weighted by Crippen LogP contribution is 2.23. The molecule has 2 fully saturated rings. The van der Waals surface area contributed by atoms with Gasteiger partial charge in [-0.1, -0.05) is 38.2 Å². The van der Waals surface area contributed by atoms with Crippen LogP contribution in [0.3, 0.4) is 0 Å². The van der Waals surface area contributed by atoms with E-state index < -0.39 is 5.82 Å². The second-order valence-electron chi connectivity index (χ2n) is 8.73. The molecular weight excluding hydrogens is 395 g/mol. The average molecular weight is 427 g/mol. The van der Waals surface area contributed by atoms with Gasteiger partial charge in [-0.2, -0.15) is 4.68 Å². The minimum Gasteiger partial charge on any atom is -0.355 e. The summed E-state index contributed by atoms with van der Waals surface area (Å²) >= 11 is 0. The van der Waals surface area contributed by atoms with E-state index in [0.717, 1.165) is 25.7 Å². The van der Waals surface area contributed by atoms with Crippen molar-refractivity contribution in [1.29, 1.82) is 0 Å². The van der Waals surface area contributed by atoms with Crippen LogP contribution in [-0.4, -0.2) is 34.8 Å². The molecule has 1 aliphatic heterocycles. The highest BCUT2D eigenvalue weighted by molar-refractivity contribution is 5.79. The number of carbonyl (C=O) groups excluding carboxylic acids is 1. The predicted molar refractivity (Wildman–Crippen MR) is 119 cm³/mol. The van der Waals surface area contributed by atoms with Crippen LogP contribution in [-0.2, 0) is 4.79 Å². The van der Waals surface area contributed by atoms with Crippen molar-refractivity contribution >= 4 is 11.7 Å². The summed E-state index contributed by atoms with van der Waals surface area (Å²) in [4.78, 5) is 27.1. The van der Waals surface area contributed by atoms with Crippen LogP contribution in [0.25, 0.3) is 5.69 Å². The summed E-state index contributed by atoms with van der Waals surface area (Å²) in [6.45, 7) is 1.41. The number of nitrogens with one attached hydrogen (secondary N) is 1. The number of nitrogens with zero attached hydrogens (tertiary/aromatic N) is 3. The number of amides is 1. The largest absolute Gasteiger partial charge is 0.355 e. The molecule has 0 bridgehead atoms. The molecule has 0 spiro atoms. The Kier molecular flexibility index (Phi) is 6.99. The van der Waals surface area contributed by atoms with Gasteiger partial charge in [0.2, 0.25) is 5.91 Å². The fraction of sp³-hybridized carbons (Fsp3) is 0.542. The first-order valence-electron chi connectivity index (χ1n) is 11.5. The molecule has 1 saturated carbocycles. The zero-order valence-corrected chi connectivity index (χ0v) is 17.9. The molecule has 0 unspecified atom stereocenters. The van der Waals surface area contributed by atoms with Crippen molar-refractivity contribution in [1.82, 2.24) is 15.1 Å². The maximum atomic E-state index is 13.6. The standard InChI is InChI=1S/C24H31FN4O2/c25-19-7-6-10-21(17-19)29-23(30)12-11-22(27-29)28-15-13-18(14-16-28)24(31)26-20-8-4-2-1-3-5-9-20/h6-7,10-12,17-18,20H,1-5,8-9,13-16H2,(H,26,31). The molecule has 1 saturated heterocycles. The first-order chi connectivity index (χ1) is 15.1. The summed E-state index contributed by atoms with van der Waals surface area (Å²) in [5.74, 6) is 0.467. The number of halogens is 1. The second kappa shape index (κ2) is 10.1. The molecule has 1 amide bonds. The summed E-state index contributed by atoms with van der Waals surface area (Å²) in [7, 11) is 0. The third-order valence-electron chi connectivity index (χ3n) is 6.48. The molecule has 1 N–H and O–H groups in total. The van der Waals surface area contributed by atoms with Crippen LogP contribution in [0.15, 0.2) is 41.2 Å². The fourth-order valence-corrected chi connectivity index (χ4v) is 4.65. The molecule has 2 aliphatic rings. The topological polar surface area (TPSA) is 67.2 Å². The summed E-state index contributed by atoms with van der Waals surface area (Å²) in [6.07, 6.45) is 9.99. The van der Waals surface area contributed by atoms with E-state index in [1.165, 1.54) is 55.0 Å². The molecule has 2 aromatic rings. The van der Waals surface area contributed by atoms with Crippen molar-refractivity contribution in [3.63, 3.8) is 0 Å². The third kappa shape index (κ3) is 5.51. The van der Waals surface area contributed by atoms with Crippen molar-refractivity contribution in [2.45, 2.75) is 63.8 Å². The Hall–Kier alpha value is -2.70. The van der Waals surface area contributed by atoms with E-state index in [1.54, 1.807) is 18.2 Å². The molecule has 0 radical (unpaired) electrons. The SMILES string of the molecule is O=C(NC1CCCCCCC1)C1CCN(c2ccc(=O)n(-c3cccc(F)c3)n2)CC1. The van der Waals surface area contributed by atoms with Gasteiger partial charge in [-0.05, 0) is 49.9 Å². The van der Waals surface area contributed by atoms with Gasteiger partial charge in [0.1, 0.15) is 11.6 Å². The van der Waals surface area contributed by atoms with Crippen LogP contribution in [0.5, 0.6) is 0 Å². The first kappa shape index (κ1) is 21.5. The molecule has 1 aromatic carbocycles. The van der Waals surface area contributed by atoms with Gasteiger partial charge in [0, 0.05) is 31.1 Å². The van der Waals surface area contributed by atoms with Crippen LogP contribution >= 0.6 is 0 Å². The van der Waals surface area contributed by atoms with Crippen molar-refractivity contribution in [2.24, 2.45) is 5.92 Å². The first-order valence-corrected chi connectivity index (χ1v) is 11.5. The molecule has 1 aromatic heterocycles. The number of carbonyl (C=O) groups is 1. The van der Waals surface area contributed by atoms with Crippen molar-refractivity contribution in [2.75, 3.05) is 18.0 Å². The van der Waals surface area contributed by atoms with Crippen molar-refractivity contribution in [3.05, 3.63) is 52.6 Å². The molecule has 7 heteroatoms. The maximum absolute atomic E-state index is 13.6. The number of hydrogen-bond donors (Lipinski definition) is 1. The Morgan fingerprint density at radius 3 is 2.39 bits per heavy atom.